The van der Waals surface area contributed by atoms with E-state index in [4.69, 9.17) is 27.9 Å². The quantitative estimate of drug-likeness (QED) is 0.682. The van der Waals surface area contributed by atoms with Crippen LogP contribution in [0.2, 0.25) is 5.02 Å². The number of methoxy groups -OCH3 is 1. The number of halogens is 2. The summed E-state index contributed by atoms with van der Waals surface area (Å²) in [5, 5.41) is 4.89. The lowest BCUT2D eigenvalue weighted by Crippen LogP contribution is -2.06. The fraction of sp³-hybridized carbons (Fsp3) is 0.176. The number of hydrogen-bond donors (Lipinski definition) is 1. The summed E-state index contributed by atoms with van der Waals surface area (Å²) < 4.78 is 5.16. The Morgan fingerprint density at radius 2 is 1.96 bits per heavy atom. The molecule has 118 valence electrons. The highest BCUT2D eigenvalue weighted by molar-refractivity contribution is 6.32. The highest BCUT2D eigenvalue weighted by atomic mass is 35.5. The third kappa shape index (κ3) is 3.49. The monoisotopic (exact) mass is 347 g/mol. The molecule has 1 heterocycles. The molecule has 0 saturated carbocycles. The Kier molecular flexibility index (Phi) is 4.84. The minimum Gasteiger partial charge on any atom is -0.495 e. The van der Waals surface area contributed by atoms with Crippen molar-refractivity contribution in [2.24, 2.45) is 0 Å². The van der Waals surface area contributed by atoms with Crippen molar-refractivity contribution in [2.45, 2.75) is 12.4 Å². The third-order valence-corrected chi connectivity index (χ3v) is 3.99. The first-order chi connectivity index (χ1) is 11.2. The molecule has 0 bridgehead atoms. The molecule has 1 N–H and O–H groups in total. The normalized spacial score (nSPS) is 10.7. The van der Waals surface area contributed by atoms with Gasteiger partial charge in [0.15, 0.2) is 0 Å². The van der Waals surface area contributed by atoms with E-state index in [2.05, 4.69) is 15.3 Å². The van der Waals surface area contributed by atoms with Crippen molar-refractivity contribution in [3.8, 4) is 5.75 Å². The molecule has 0 aliphatic heterocycles. The lowest BCUT2D eigenvalue weighted by molar-refractivity contribution is 0.415. The smallest absolute Gasteiger partial charge is 0.144 e. The number of nitrogens with zero attached hydrogens (tertiary/aromatic N) is 2. The fourth-order valence-corrected chi connectivity index (χ4v) is 2.73. The first-order valence-electron chi connectivity index (χ1n) is 7.09. The zero-order chi connectivity index (χ0) is 16.2. The van der Waals surface area contributed by atoms with Crippen molar-refractivity contribution in [1.82, 2.24) is 9.97 Å². The summed E-state index contributed by atoms with van der Waals surface area (Å²) in [7, 11) is 1.59. The summed E-state index contributed by atoms with van der Waals surface area (Å²) in [6, 6.07) is 13.5. The van der Waals surface area contributed by atoms with Gasteiger partial charge in [-0.25, -0.2) is 9.97 Å². The summed E-state index contributed by atoms with van der Waals surface area (Å²) >= 11 is 12.0. The van der Waals surface area contributed by atoms with Crippen LogP contribution in [-0.4, -0.2) is 17.1 Å². The van der Waals surface area contributed by atoms with Crippen LogP contribution in [0.5, 0.6) is 5.75 Å². The molecular weight excluding hydrogens is 333 g/mol. The van der Waals surface area contributed by atoms with E-state index in [1.165, 1.54) is 0 Å². The lowest BCUT2D eigenvalue weighted by Gasteiger charge is -2.11. The maximum Gasteiger partial charge on any atom is 0.144 e. The Hall–Kier alpha value is -2.04. The molecule has 3 aromatic rings. The van der Waals surface area contributed by atoms with Crippen molar-refractivity contribution in [2.75, 3.05) is 12.4 Å². The fourth-order valence-electron chi connectivity index (χ4n) is 2.35. The van der Waals surface area contributed by atoms with Gasteiger partial charge in [-0.15, -0.1) is 11.6 Å². The number of hydrogen-bond acceptors (Lipinski definition) is 4. The number of fused-ring (bicyclic) bond motifs is 1. The van der Waals surface area contributed by atoms with Crippen LogP contribution < -0.4 is 10.1 Å². The average molecular weight is 348 g/mol. The minimum atomic E-state index is 0.284. The van der Waals surface area contributed by atoms with E-state index in [0.717, 1.165) is 22.3 Å². The van der Waals surface area contributed by atoms with Gasteiger partial charge < -0.3 is 10.1 Å². The number of aromatic nitrogens is 2. The van der Waals surface area contributed by atoms with Crippen molar-refractivity contribution < 1.29 is 4.74 Å². The molecule has 0 radical (unpaired) electrons. The molecule has 2 aromatic carbocycles. The van der Waals surface area contributed by atoms with Gasteiger partial charge >= 0.3 is 0 Å². The summed E-state index contributed by atoms with van der Waals surface area (Å²) in [5.41, 5.74) is 2.69. The number of benzene rings is 2. The van der Waals surface area contributed by atoms with Gasteiger partial charge in [-0.2, -0.15) is 0 Å². The van der Waals surface area contributed by atoms with Gasteiger partial charge in [0.1, 0.15) is 11.6 Å². The maximum atomic E-state index is 6.15. The van der Waals surface area contributed by atoms with Gasteiger partial charge in [0, 0.05) is 11.1 Å². The zero-order valence-electron chi connectivity index (χ0n) is 12.5. The number of alkyl halides is 1. The van der Waals surface area contributed by atoms with Crippen molar-refractivity contribution in [3.05, 3.63) is 59.0 Å². The molecule has 4 nitrogen and oxygen atoms in total. The van der Waals surface area contributed by atoms with E-state index in [9.17, 15) is 0 Å². The van der Waals surface area contributed by atoms with Crippen molar-refractivity contribution in [1.29, 1.82) is 0 Å². The molecule has 0 saturated heterocycles. The largest absolute Gasteiger partial charge is 0.495 e. The number of nitrogens with one attached hydrogen (secondary N) is 1. The highest BCUT2D eigenvalue weighted by Crippen LogP contribution is 2.27. The molecule has 0 fully saturated rings. The van der Waals surface area contributed by atoms with Gasteiger partial charge in [0.25, 0.3) is 0 Å². The summed E-state index contributed by atoms with van der Waals surface area (Å²) in [4.78, 5) is 8.97. The van der Waals surface area contributed by atoms with E-state index in [-0.39, 0.29) is 5.88 Å². The highest BCUT2D eigenvalue weighted by Gasteiger charge is 2.08. The summed E-state index contributed by atoms with van der Waals surface area (Å²) in [6.45, 7) is 0.551. The Balaban J connectivity index is 1.88. The number of ether oxygens (including phenoxy) is 1. The Morgan fingerprint density at radius 3 is 2.70 bits per heavy atom. The van der Waals surface area contributed by atoms with Gasteiger partial charge in [0.2, 0.25) is 0 Å². The molecule has 0 spiro atoms. The number of rotatable bonds is 5. The molecule has 0 aliphatic carbocycles. The number of anilines is 1. The Morgan fingerprint density at radius 1 is 1.13 bits per heavy atom. The van der Waals surface area contributed by atoms with E-state index in [1.807, 2.05) is 42.5 Å². The molecule has 6 heteroatoms. The Bertz CT molecular complexity index is 839. The SMILES string of the molecule is COc1ccc(NCc2nc(CCl)nc3ccccc23)cc1Cl. The van der Waals surface area contributed by atoms with Crippen LogP contribution >= 0.6 is 23.2 Å². The predicted octanol–water partition coefficient (Wildman–Crippen LogP) is 4.64. The van der Waals surface area contributed by atoms with Crippen LogP contribution in [0.15, 0.2) is 42.5 Å². The van der Waals surface area contributed by atoms with E-state index >= 15 is 0 Å². The maximum absolute atomic E-state index is 6.15. The van der Waals surface area contributed by atoms with Crippen molar-refractivity contribution in [3.63, 3.8) is 0 Å². The van der Waals surface area contributed by atoms with Crippen LogP contribution in [0, 0.1) is 0 Å². The minimum absolute atomic E-state index is 0.284. The molecule has 23 heavy (non-hydrogen) atoms. The second-order valence-electron chi connectivity index (χ2n) is 4.94. The predicted molar refractivity (Wildman–Crippen MR) is 94.4 cm³/mol. The standard InChI is InChI=1S/C17H15Cl2N3O/c1-23-16-7-6-11(8-13(16)19)20-10-15-12-4-2-3-5-14(12)21-17(9-18)22-15/h2-8,20H,9-10H2,1H3. The van der Waals surface area contributed by atoms with Crippen LogP contribution in [0.1, 0.15) is 11.5 Å². The Labute approximate surface area is 144 Å². The third-order valence-electron chi connectivity index (χ3n) is 3.46. The molecule has 3 rings (SSSR count). The molecule has 0 aliphatic rings. The van der Waals surface area contributed by atoms with E-state index < -0.39 is 0 Å². The van der Waals surface area contributed by atoms with Crippen LogP contribution in [0.3, 0.4) is 0 Å². The lowest BCUT2D eigenvalue weighted by atomic mass is 10.2. The van der Waals surface area contributed by atoms with Crippen LogP contribution in [-0.2, 0) is 12.4 Å². The molecule has 0 unspecified atom stereocenters. The molecule has 0 atom stereocenters. The summed E-state index contributed by atoms with van der Waals surface area (Å²) in [5.74, 6) is 1.55. The van der Waals surface area contributed by atoms with Gasteiger partial charge in [-0.05, 0) is 24.3 Å². The van der Waals surface area contributed by atoms with Crippen LogP contribution in [0.25, 0.3) is 10.9 Å². The molecule has 0 amide bonds. The van der Waals surface area contributed by atoms with Gasteiger partial charge in [-0.3, -0.25) is 0 Å². The van der Waals surface area contributed by atoms with Gasteiger partial charge in [0.05, 0.1) is 35.8 Å². The van der Waals surface area contributed by atoms with Crippen molar-refractivity contribution >= 4 is 39.8 Å². The molecule has 1 aromatic heterocycles. The second kappa shape index (κ2) is 7.02. The van der Waals surface area contributed by atoms with E-state index in [1.54, 1.807) is 7.11 Å². The topological polar surface area (TPSA) is 47.0 Å². The zero-order valence-corrected chi connectivity index (χ0v) is 14.0. The van der Waals surface area contributed by atoms with Gasteiger partial charge in [-0.1, -0.05) is 29.8 Å². The van der Waals surface area contributed by atoms with E-state index in [0.29, 0.717) is 23.1 Å². The second-order valence-corrected chi connectivity index (χ2v) is 5.61. The van der Waals surface area contributed by atoms with Crippen LogP contribution in [0.4, 0.5) is 5.69 Å². The average Bonchev–Trinajstić information content (AvgIpc) is 2.59. The summed E-state index contributed by atoms with van der Waals surface area (Å²) in [6.07, 6.45) is 0. The first-order valence-corrected chi connectivity index (χ1v) is 8.00. The molecular formula is C17H15Cl2N3O. The first kappa shape index (κ1) is 15.8. The number of para-hydroxylation sites is 1.